The molecule has 0 fully saturated rings. The molecule has 0 spiro atoms. The summed E-state index contributed by atoms with van der Waals surface area (Å²) in [4.78, 5) is 11.1. The van der Waals surface area contributed by atoms with E-state index < -0.39 is 11.7 Å². The SMILES string of the molecule is CN(c1ccccc1)c1ncc(C(F)(F)F)c(N(C)c2ccc(Cl)cc2)n1. The van der Waals surface area contributed by atoms with Gasteiger partial charge in [0.25, 0.3) is 0 Å². The number of anilines is 4. The van der Waals surface area contributed by atoms with Crippen molar-refractivity contribution in [3.8, 4) is 0 Å². The summed E-state index contributed by atoms with van der Waals surface area (Å²) in [5.41, 5.74) is 0.374. The maximum absolute atomic E-state index is 13.5. The molecule has 0 N–H and O–H groups in total. The quantitative estimate of drug-likeness (QED) is 0.571. The number of hydrogen-bond acceptors (Lipinski definition) is 4. The van der Waals surface area contributed by atoms with Crippen LogP contribution in [-0.4, -0.2) is 24.1 Å². The van der Waals surface area contributed by atoms with E-state index in [9.17, 15) is 13.2 Å². The van der Waals surface area contributed by atoms with Gasteiger partial charge in [-0.3, -0.25) is 0 Å². The molecule has 1 heterocycles. The molecule has 0 aliphatic heterocycles. The molecular weight excluding hydrogens is 377 g/mol. The van der Waals surface area contributed by atoms with E-state index >= 15 is 0 Å². The van der Waals surface area contributed by atoms with Crippen molar-refractivity contribution in [3.05, 3.63) is 71.4 Å². The summed E-state index contributed by atoms with van der Waals surface area (Å²) in [6, 6.07) is 15.6. The van der Waals surface area contributed by atoms with Crippen molar-refractivity contribution < 1.29 is 13.2 Å². The zero-order valence-electron chi connectivity index (χ0n) is 14.6. The first-order valence-corrected chi connectivity index (χ1v) is 8.37. The lowest BCUT2D eigenvalue weighted by Crippen LogP contribution is -2.21. The predicted molar refractivity (Wildman–Crippen MR) is 101 cm³/mol. The van der Waals surface area contributed by atoms with Crippen LogP contribution in [0.3, 0.4) is 0 Å². The Kier molecular flexibility index (Phi) is 5.23. The molecular formula is C19H16ClF3N4. The molecule has 1 aromatic heterocycles. The number of para-hydroxylation sites is 1. The molecule has 8 heteroatoms. The first kappa shape index (κ1) is 19.0. The summed E-state index contributed by atoms with van der Waals surface area (Å²) in [6.45, 7) is 0. The minimum Gasteiger partial charge on any atom is -0.329 e. The van der Waals surface area contributed by atoms with Crippen molar-refractivity contribution in [2.24, 2.45) is 0 Å². The maximum Gasteiger partial charge on any atom is 0.421 e. The van der Waals surface area contributed by atoms with E-state index in [1.807, 2.05) is 30.3 Å². The molecule has 0 bridgehead atoms. The Bertz CT molecular complexity index is 914. The fraction of sp³-hybridized carbons (Fsp3) is 0.158. The molecule has 0 aliphatic carbocycles. The molecule has 27 heavy (non-hydrogen) atoms. The van der Waals surface area contributed by atoms with Gasteiger partial charge in [-0.2, -0.15) is 18.2 Å². The van der Waals surface area contributed by atoms with Gasteiger partial charge in [-0.1, -0.05) is 29.8 Å². The third-order valence-corrected chi connectivity index (χ3v) is 4.29. The van der Waals surface area contributed by atoms with Crippen molar-refractivity contribution >= 4 is 34.7 Å². The van der Waals surface area contributed by atoms with Gasteiger partial charge in [0.15, 0.2) is 5.82 Å². The van der Waals surface area contributed by atoms with Crippen molar-refractivity contribution in [3.63, 3.8) is 0 Å². The van der Waals surface area contributed by atoms with Crippen LogP contribution in [0.2, 0.25) is 5.02 Å². The average Bonchev–Trinajstić information content (AvgIpc) is 2.67. The molecule has 0 aliphatic rings. The molecule has 4 nitrogen and oxygen atoms in total. The van der Waals surface area contributed by atoms with Gasteiger partial charge in [0.1, 0.15) is 5.56 Å². The number of halogens is 4. The largest absolute Gasteiger partial charge is 0.421 e. The first-order valence-electron chi connectivity index (χ1n) is 7.99. The Balaban J connectivity index is 2.07. The molecule has 0 saturated carbocycles. The highest BCUT2D eigenvalue weighted by atomic mass is 35.5. The third-order valence-electron chi connectivity index (χ3n) is 4.04. The smallest absolute Gasteiger partial charge is 0.329 e. The van der Waals surface area contributed by atoms with E-state index in [1.165, 1.54) is 11.9 Å². The minimum absolute atomic E-state index is 0.157. The molecule has 0 atom stereocenters. The Morgan fingerprint density at radius 3 is 2.04 bits per heavy atom. The van der Waals surface area contributed by atoms with Crippen molar-refractivity contribution in [2.45, 2.75) is 6.18 Å². The Morgan fingerprint density at radius 1 is 0.852 bits per heavy atom. The van der Waals surface area contributed by atoms with E-state index in [0.717, 1.165) is 11.9 Å². The lowest BCUT2D eigenvalue weighted by molar-refractivity contribution is -0.137. The van der Waals surface area contributed by atoms with Gasteiger partial charge in [-0.15, -0.1) is 0 Å². The maximum atomic E-state index is 13.5. The van der Waals surface area contributed by atoms with Gasteiger partial charge in [0, 0.05) is 36.7 Å². The normalized spacial score (nSPS) is 11.3. The summed E-state index contributed by atoms with van der Waals surface area (Å²) in [7, 11) is 3.22. The van der Waals surface area contributed by atoms with Gasteiger partial charge in [0.05, 0.1) is 0 Å². The summed E-state index contributed by atoms with van der Waals surface area (Å²) in [6.07, 6.45) is -3.77. The highest BCUT2D eigenvalue weighted by Crippen LogP contribution is 2.38. The number of alkyl halides is 3. The Labute approximate surface area is 159 Å². The molecule has 0 amide bonds. The van der Waals surface area contributed by atoms with E-state index in [4.69, 9.17) is 11.6 Å². The summed E-state index contributed by atoms with van der Waals surface area (Å²) in [5.74, 6) is -0.0809. The van der Waals surface area contributed by atoms with Gasteiger partial charge in [-0.25, -0.2) is 4.98 Å². The van der Waals surface area contributed by atoms with Gasteiger partial charge >= 0.3 is 6.18 Å². The van der Waals surface area contributed by atoms with Crippen LogP contribution < -0.4 is 9.80 Å². The topological polar surface area (TPSA) is 32.3 Å². The average molecular weight is 393 g/mol. The lowest BCUT2D eigenvalue weighted by Gasteiger charge is -2.25. The summed E-state index contributed by atoms with van der Waals surface area (Å²) < 4.78 is 40.5. The molecule has 140 valence electrons. The summed E-state index contributed by atoms with van der Waals surface area (Å²) >= 11 is 5.87. The molecule has 0 saturated heterocycles. The lowest BCUT2D eigenvalue weighted by atomic mass is 10.2. The van der Waals surface area contributed by atoms with Crippen LogP contribution in [0.5, 0.6) is 0 Å². The van der Waals surface area contributed by atoms with Crippen LogP contribution in [0.4, 0.5) is 36.3 Å². The van der Waals surface area contributed by atoms with E-state index in [0.29, 0.717) is 10.7 Å². The second-order valence-electron chi connectivity index (χ2n) is 5.84. The Morgan fingerprint density at radius 2 is 1.44 bits per heavy atom. The first-order chi connectivity index (χ1) is 12.8. The Hall–Kier alpha value is -2.80. The van der Waals surface area contributed by atoms with Gasteiger partial charge in [0.2, 0.25) is 5.95 Å². The molecule has 3 aromatic rings. The van der Waals surface area contributed by atoms with E-state index in [2.05, 4.69) is 9.97 Å². The number of rotatable bonds is 4. The molecule has 0 unspecified atom stereocenters. The predicted octanol–water partition coefficient (Wildman–Crippen LogP) is 5.68. The van der Waals surface area contributed by atoms with Crippen LogP contribution in [0.15, 0.2) is 60.8 Å². The van der Waals surface area contributed by atoms with Crippen LogP contribution >= 0.6 is 11.6 Å². The highest BCUT2D eigenvalue weighted by molar-refractivity contribution is 6.30. The van der Waals surface area contributed by atoms with Gasteiger partial charge in [-0.05, 0) is 36.4 Å². The van der Waals surface area contributed by atoms with Crippen molar-refractivity contribution in [2.75, 3.05) is 23.9 Å². The van der Waals surface area contributed by atoms with Crippen LogP contribution in [-0.2, 0) is 6.18 Å². The van der Waals surface area contributed by atoms with Crippen LogP contribution in [0, 0.1) is 0 Å². The summed E-state index contributed by atoms with van der Waals surface area (Å²) in [5, 5.41) is 0.496. The van der Waals surface area contributed by atoms with Gasteiger partial charge < -0.3 is 9.80 Å². The third kappa shape index (κ3) is 4.14. The van der Waals surface area contributed by atoms with E-state index in [1.54, 1.807) is 36.2 Å². The second-order valence-corrected chi connectivity index (χ2v) is 6.27. The van der Waals surface area contributed by atoms with Crippen LogP contribution in [0.1, 0.15) is 5.56 Å². The second kappa shape index (κ2) is 7.44. The zero-order chi connectivity index (χ0) is 19.6. The fourth-order valence-corrected chi connectivity index (χ4v) is 2.66. The number of benzene rings is 2. The molecule has 2 aromatic carbocycles. The van der Waals surface area contributed by atoms with Crippen LogP contribution in [0.25, 0.3) is 0 Å². The minimum atomic E-state index is -4.58. The number of hydrogen-bond donors (Lipinski definition) is 0. The number of nitrogens with zero attached hydrogens (tertiary/aromatic N) is 4. The highest BCUT2D eigenvalue weighted by Gasteiger charge is 2.36. The van der Waals surface area contributed by atoms with Crippen molar-refractivity contribution in [1.29, 1.82) is 0 Å². The molecule has 0 radical (unpaired) electrons. The van der Waals surface area contributed by atoms with Crippen molar-refractivity contribution in [1.82, 2.24) is 9.97 Å². The standard InChI is InChI=1S/C19H16ClF3N4/c1-26(15-10-8-13(20)9-11-15)17-16(19(21,22)23)12-24-18(25-17)27(2)14-6-4-3-5-7-14/h3-12H,1-2H3. The molecule has 3 rings (SSSR count). The van der Waals surface area contributed by atoms with E-state index in [-0.39, 0.29) is 11.8 Å². The fourth-order valence-electron chi connectivity index (χ4n) is 2.54. The number of aromatic nitrogens is 2. The monoisotopic (exact) mass is 392 g/mol. The zero-order valence-corrected chi connectivity index (χ0v) is 15.3.